The Morgan fingerprint density at radius 2 is 1.92 bits per heavy atom. The topological polar surface area (TPSA) is 47.6 Å². The maximum Gasteiger partial charge on any atom is 0.152 e. The minimum atomic E-state index is -0.487. The van der Waals surface area contributed by atoms with Gasteiger partial charge in [0.1, 0.15) is 11.9 Å². The molecule has 0 unspecified atom stereocenters. The number of rotatable bonds is 0. The van der Waals surface area contributed by atoms with Crippen LogP contribution < -0.4 is 0 Å². The maximum absolute atomic E-state index is 12.6. The summed E-state index contributed by atoms with van der Waals surface area (Å²) in [5, 5.41) is 16.7. The summed E-state index contributed by atoms with van der Waals surface area (Å²) in [4.78, 5) is 0. The molecule has 1 rings (SSSR count). The second kappa shape index (κ2) is 3.90. The highest BCUT2D eigenvalue weighted by molar-refractivity contribution is 5.49. The third-order valence-corrected chi connectivity index (χ3v) is 1.36. The fraction of sp³-hybridized carbons (Fsp3) is 0. The molecule has 0 aromatic heterocycles. The molecule has 0 heterocycles. The molecule has 0 N–H and O–H groups in total. The third kappa shape index (κ3) is 2.06. The van der Waals surface area contributed by atoms with Gasteiger partial charge in [-0.3, -0.25) is 0 Å². The van der Waals surface area contributed by atoms with Crippen LogP contribution in [0.25, 0.3) is 0 Å². The van der Waals surface area contributed by atoms with Crippen LogP contribution in [0.5, 0.6) is 0 Å². The van der Waals surface area contributed by atoms with Gasteiger partial charge in [0.05, 0.1) is 5.56 Å². The van der Waals surface area contributed by atoms with E-state index < -0.39 is 5.82 Å². The van der Waals surface area contributed by atoms with Crippen LogP contribution in [0.4, 0.5) is 4.39 Å². The van der Waals surface area contributed by atoms with E-state index in [2.05, 4.69) is 11.8 Å². The molecule has 0 aliphatic heterocycles. The SMILES string of the molecule is N#CC#Cc1ccc(F)cc1C#N. The molecule has 0 amide bonds. The predicted molar refractivity (Wildman–Crippen MR) is 43.6 cm³/mol. The summed E-state index contributed by atoms with van der Waals surface area (Å²) in [7, 11) is 0. The van der Waals surface area contributed by atoms with Crippen LogP contribution in [0.3, 0.4) is 0 Å². The predicted octanol–water partition coefficient (Wildman–Crippen LogP) is 1.57. The van der Waals surface area contributed by atoms with Crippen molar-refractivity contribution < 1.29 is 4.39 Å². The van der Waals surface area contributed by atoms with Crippen LogP contribution in [0, 0.1) is 40.3 Å². The van der Waals surface area contributed by atoms with E-state index in [-0.39, 0.29) is 5.56 Å². The summed E-state index contributed by atoms with van der Waals surface area (Å²) in [5.74, 6) is 4.09. The maximum atomic E-state index is 12.6. The quantitative estimate of drug-likeness (QED) is 0.555. The lowest BCUT2D eigenvalue weighted by Gasteiger charge is -1.93. The summed E-state index contributed by atoms with van der Waals surface area (Å²) in [6, 6.07) is 7.07. The first-order valence-electron chi connectivity index (χ1n) is 3.37. The van der Waals surface area contributed by atoms with Gasteiger partial charge in [0, 0.05) is 11.5 Å². The molecule has 0 saturated heterocycles. The van der Waals surface area contributed by atoms with Gasteiger partial charge in [-0.25, -0.2) is 4.39 Å². The third-order valence-electron chi connectivity index (χ3n) is 1.36. The van der Waals surface area contributed by atoms with Gasteiger partial charge in [-0.05, 0) is 24.1 Å². The molecule has 0 aliphatic rings. The number of benzene rings is 1. The number of nitrogens with zero attached hydrogens (tertiary/aromatic N) is 2. The second-order valence-electron chi connectivity index (χ2n) is 2.16. The Labute approximate surface area is 74.8 Å². The number of hydrogen-bond donors (Lipinski definition) is 0. The second-order valence-corrected chi connectivity index (χ2v) is 2.16. The van der Waals surface area contributed by atoms with E-state index in [0.717, 1.165) is 6.07 Å². The van der Waals surface area contributed by atoms with Crippen molar-refractivity contribution in [1.82, 2.24) is 0 Å². The lowest BCUT2D eigenvalue weighted by molar-refractivity contribution is 0.627. The Hall–Kier alpha value is -2.31. The molecule has 60 valence electrons. The largest absolute Gasteiger partial charge is 0.207 e. The van der Waals surface area contributed by atoms with E-state index in [0.29, 0.717) is 5.56 Å². The smallest absolute Gasteiger partial charge is 0.152 e. The molecular weight excluding hydrogens is 167 g/mol. The normalized spacial score (nSPS) is 7.62. The zero-order chi connectivity index (χ0) is 9.68. The molecular formula is C10H3FN2. The van der Waals surface area contributed by atoms with Gasteiger partial charge in [-0.2, -0.15) is 10.5 Å². The molecule has 0 saturated carbocycles. The van der Waals surface area contributed by atoms with Crippen molar-refractivity contribution in [3.63, 3.8) is 0 Å². The van der Waals surface area contributed by atoms with Gasteiger partial charge < -0.3 is 0 Å². The number of hydrogen-bond acceptors (Lipinski definition) is 2. The van der Waals surface area contributed by atoms with Crippen molar-refractivity contribution in [2.75, 3.05) is 0 Å². The van der Waals surface area contributed by atoms with Gasteiger partial charge in [0.15, 0.2) is 6.07 Å². The highest BCUT2D eigenvalue weighted by Gasteiger charge is 1.99. The lowest BCUT2D eigenvalue weighted by Crippen LogP contribution is -1.84. The van der Waals surface area contributed by atoms with E-state index in [4.69, 9.17) is 10.5 Å². The highest BCUT2D eigenvalue weighted by Crippen LogP contribution is 2.08. The Bertz CT molecular complexity index is 466. The monoisotopic (exact) mass is 170 g/mol. The summed E-state index contributed by atoms with van der Waals surface area (Å²) in [6.45, 7) is 0. The van der Waals surface area contributed by atoms with Crippen molar-refractivity contribution in [1.29, 1.82) is 10.5 Å². The van der Waals surface area contributed by atoms with Crippen molar-refractivity contribution in [2.45, 2.75) is 0 Å². The molecule has 13 heavy (non-hydrogen) atoms. The highest BCUT2D eigenvalue weighted by atomic mass is 19.1. The van der Waals surface area contributed by atoms with Gasteiger partial charge >= 0.3 is 0 Å². The van der Waals surface area contributed by atoms with Crippen molar-refractivity contribution in [3.05, 3.63) is 35.1 Å². The standard InChI is InChI=1S/C10H3FN2/c11-10-4-3-8(2-1-5-12)9(6-10)7-13/h3-4,6H. The van der Waals surface area contributed by atoms with Crippen LogP contribution >= 0.6 is 0 Å². The molecule has 1 aromatic carbocycles. The molecule has 1 aromatic rings. The van der Waals surface area contributed by atoms with Crippen LogP contribution in [-0.2, 0) is 0 Å². The van der Waals surface area contributed by atoms with Crippen molar-refractivity contribution >= 4 is 0 Å². The van der Waals surface area contributed by atoms with Gasteiger partial charge in [0.2, 0.25) is 0 Å². The Morgan fingerprint density at radius 1 is 1.15 bits per heavy atom. The Morgan fingerprint density at radius 3 is 2.54 bits per heavy atom. The lowest BCUT2D eigenvalue weighted by atomic mass is 10.1. The summed E-state index contributed by atoms with van der Waals surface area (Å²) in [5.41, 5.74) is 0.508. The van der Waals surface area contributed by atoms with Crippen LogP contribution in [0.15, 0.2) is 18.2 Å². The molecule has 0 spiro atoms. The first-order valence-corrected chi connectivity index (χ1v) is 3.37. The molecule has 0 aliphatic carbocycles. The van der Waals surface area contributed by atoms with Crippen LogP contribution in [0.1, 0.15) is 11.1 Å². The Kier molecular flexibility index (Phi) is 2.64. The molecule has 0 fully saturated rings. The van der Waals surface area contributed by atoms with Crippen molar-refractivity contribution in [3.8, 4) is 24.0 Å². The Balaban J connectivity index is 3.25. The summed E-state index contributed by atoms with van der Waals surface area (Å²) in [6.07, 6.45) is 0. The van der Waals surface area contributed by atoms with Gasteiger partial charge in [-0.15, -0.1) is 0 Å². The average molecular weight is 170 g/mol. The van der Waals surface area contributed by atoms with Gasteiger partial charge in [0.25, 0.3) is 0 Å². The first kappa shape index (κ1) is 8.78. The molecule has 0 atom stereocenters. The first-order chi connectivity index (χ1) is 6.27. The molecule has 3 heteroatoms. The average Bonchev–Trinajstić information content (AvgIpc) is 2.16. The molecule has 2 nitrogen and oxygen atoms in total. The van der Waals surface area contributed by atoms with E-state index in [1.807, 2.05) is 0 Å². The van der Waals surface area contributed by atoms with Crippen molar-refractivity contribution in [2.24, 2.45) is 0 Å². The van der Waals surface area contributed by atoms with Gasteiger partial charge in [-0.1, -0.05) is 0 Å². The summed E-state index contributed by atoms with van der Waals surface area (Å²) < 4.78 is 12.6. The summed E-state index contributed by atoms with van der Waals surface area (Å²) >= 11 is 0. The fourth-order valence-corrected chi connectivity index (χ4v) is 0.813. The molecule has 0 radical (unpaired) electrons. The fourth-order valence-electron chi connectivity index (χ4n) is 0.813. The van der Waals surface area contributed by atoms with E-state index in [9.17, 15) is 4.39 Å². The van der Waals surface area contributed by atoms with Crippen LogP contribution in [0.2, 0.25) is 0 Å². The van der Waals surface area contributed by atoms with E-state index in [1.54, 1.807) is 12.1 Å². The zero-order valence-electron chi connectivity index (χ0n) is 6.50. The number of halogens is 1. The van der Waals surface area contributed by atoms with E-state index in [1.165, 1.54) is 12.1 Å². The van der Waals surface area contributed by atoms with Crippen LogP contribution in [-0.4, -0.2) is 0 Å². The minimum Gasteiger partial charge on any atom is -0.207 e. The minimum absolute atomic E-state index is 0.141. The number of nitriles is 2. The van der Waals surface area contributed by atoms with E-state index >= 15 is 0 Å². The zero-order valence-corrected chi connectivity index (χ0v) is 6.50. The molecule has 0 bridgehead atoms.